The number of amides is 1. The van der Waals surface area contributed by atoms with E-state index in [-0.39, 0.29) is 22.1 Å². The number of nitrogens with zero attached hydrogens (tertiary/aromatic N) is 1. The minimum atomic E-state index is -3.67. The molecule has 1 aliphatic heterocycles. The summed E-state index contributed by atoms with van der Waals surface area (Å²) in [5, 5.41) is 5.04. The number of thiophene rings is 1. The molecule has 0 spiro atoms. The fourth-order valence-electron chi connectivity index (χ4n) is 4.06. The van der Waals surface area contributed by atoms with E-state index in [0.29, 0.717) is 18.7 Å². The Morgan fingerprint density at radius 1 is 1.17 bits per heavy atom. The highest BCUT2D eigenvalue weighted by molar-refractivity contribution is 8.00. The van der Waals surface area contributed by atoms with Crippen LogP contribution in [0.3, 0.4) is 0 Å². The van der Waals surface area contributed by atoms with Gasteiger partial charge in [0.25, 0.3) is 0 Å². The molecule has 1 aromatic heterocycles. The maximum atomic E-state index is 13.7. The molecule has 1 fully saturated rings. The summed E-state index contributed by atoms with van der Waals surface area (Å²) < 4.78 is 29.1. The molecular formula is C21H26N2O3S3. The van der Waals surface area contributed by atoms with Crippen molar-refractivity contribution in [2.75, 3.05) is 5.32 Å². The Morgan fingerprint density at radius 3 is 2.69 bits per heavy atom. The van der Waals surface area contributed by atoms with Gasteiger partial charge in [0.15, 0.2) is 0 Å². The van der Waals surface area contributed by atoms with E-state index in [2.05, 4.69) is 5.32 Å². The number of sulfonamides is 1. The van der Waals surface area contributed by atoms with Gasteiger partial charge in [-0.2, -0.15) is 4.31 Å². The first-order valence-electron chi connectivity index (χ1n) is 10.1. The van der Waals surface area contributed by atoms with Crippen LogP contribution in [0.5, 0.6) is 0 Å². The molecule has 8 heteroatoms. The molecule has 1 amide bonds. The van der Waals surface area contributed by atoms with Crippen LogP contribution in [0, 0.1) is 0 Å². The van der Waals surface area contributed by atoms with Crippen LogP contribution in [0.1, 0.15) is 50.3 Å². The Bertz CT molecular complexity index is 967. The lowest BCUT2D eigenvalue weighted by molar-refractivity contribution is -0.116. The van der Waals surface area contributed by atoms with Crippen molar-refractivity contribution in [3.63, 3.8) is 0 Å². The Labute approximate surface area is 180 Å². The molecule has 0 bridgehead atoms. The Balaban J connectivity index is 1.69. The zero-order valence-corrected chi connectivity index (χ0v) is 18.9. The van der Waals surface area contributed by atoms with Crippen LogP contribution in [0.4, 0.5) is 5.69 Å². The fourth-order valence-corrected chi connectivity index (χ4v) is 7.59. The summed E-state index contributed by atoms with van der Waals surface area (Å²) in [5.74, 6) is -0.0685. The first-order valence-corrected chi connectivity index (χ1v) is 13.3. The van der Waals surface area contributed by atoms with Crippen LogP contribution in [0.2, 0.25) is 0 Å². The summed E-state index contributed by atoms with van der Waals surface area (Å²) in [4.78, 5) is 14.4. The van der Waals surface area contributed by atoms with Gasteiger partial charge in [0.1, 0.15) is 0 Å². The van der Waals surface area contributed by atoms with Crippen LogP contribution < -0.4 is 5.32 Å². The van der Waals surface area contributed by atoms with E-state index in [4.69, 9.17) is 0 Å². The predicted molar refractivity (Wildman–Crippen MR) is 119 cm³/mol. The van der Waals surface area contributed by atoms with Gasteiger partial charge in [-0.25, -0.2) is 8.42 Å². The van der Waals surface area contributed by atoms with Gasteiger partial charge in [-0.05, 0) is 42.5 Å². The van der Waals surface area contributed by atoms with Gasteiger partial charge in [-0.3, -0.25) is 4.79 Å². The van der Waals surface area contributed by atoms with Crippen molar-refractivity contribution in [3.05, 3.63) is 40.6 Å². The Kier molecular flexibility index (Phi) is 6.34. The molecule has 1 atom stereocenters. The van der Waals surface area contributed by atoms with Crippen molar-refractivity contribution >= 4 is 44.7 Å². The maximum Gasteiger partial charge on any atom is 0.243 e. The Morgan fingerprint density at radius 2 is 1.97 bits per heavy atom. The molecule has 0 saturated heterocycles. The van der Waals surface area contributed by atoms with Gasteiger partial charge < -0.3 is 5.32 Å². The summed E-state index contributed by atoms with van der Waals surface area (Å²) in [5.41, 5.74) is 0.602. The van der Waals surface area contributed by atoms with E-state index in [1.165, 1.54) is 6.42 Å². The number of thioether (sulfide) groups is 1. The van der Waals surface area contributed by atoms with Gasteiger partial charge in [0.2, 0.25) is 15.9 Å². The lowest BCUT2D eigenvalue weighted by Crippen LogP contribution is -2.40. The fraction of sp³-hybridized carbons (Fsp3) is 0.476. The zero-order valence-electron chi connectivity index (χ0n) is 16.5. The number of nitrogens with one attached hydrogen (secondary N) is 1. The molecule has 0 unspecified atom stereocenters. The van der Waals surface area contributed by atoms with Gasteiger partial charge >= 0.3 is 0 Å². The number of carbonyl (C=O) groups excluding carboxylic acids is 1. The van der Waals surface area contributed by atoms with Gasteiger partial charge in [0, 0.05) is 34.0 Å². The molecule has 2 aliphatic rings. The Hall–Kier alpha value is -1.35. The van der Waals surface area contributed by atoms with Crippen molar-refractivity contribution in [2.45, 2.75) is 73.1 Å². The van der Waals surface area contributed by atoms with E-state index in [1.54, 1.807) is 39.5 Å². The quantitative estimate of drug-likeness (QED) is 0.689. The maximum absolute atomic E-state index is 13.7. The highest BCUT2D eigenvalue weighted by Gasteiger charge is 2.33. The minimum Gasteiger partial charge on any atom is -0.325 e. The number of rotatable bonds is 5. The monoisotopic (exact) mass is 450 g/mol. The second kappa shape index (κ2) is 8.79. The SMILES string of the molecule is C[C@@H]1CC(=O)Nc2cc(S(=O)(=O)N(Cc3cccs3)C3CCCCC3)ccc2S1. The van der Waals surface area contributed by atoms with Crippen molar-refractivity contribution in [3.8, 4) is 0 Å². The minimum absolute atomic E-state index is 0.0265. The molecule has 1 N–H and O–H groups in total. The molecule has 1 saturated carbocycles. The van der Waals surface area contributed by atoms with Crippen LogP contribution in [0.15, 0.2) is 45.5 Å². The summed E-state index contributed by atoms with van der Waals surface area (Å²) in [6, 6.07) is 9.14. The van der Waals surface area contributed by atoms with E-state index < -0.39 is 10.0 Å². The lowest BCUT2D eigenvalue weighted by atomic mass is 9.95. The molecule has 0 radical (unpaired) electrons. The molecule has 4 rings (SSSR count). The van der Waals surface area contributed by atoms with Crippen molar-refractivity contribution in [1.29, 1.82) is 0 Å². The van der Waals surface area contributed by atoms with Crippen molar-refractivity contribution in [1.82, 2.24) is 4.31 Å². The van der Waals surface area contributed by atoms with Crippen LogP contribution in [0.25, 0.3) is 0 Å². The number of benzene rings is 1. The first-order chi connectivity index (χ1) is 13.9. The zero-order chi connectivity index (χ0) is 20.4. The third-order valence-corrected chi connectivity index (χ3v) is 9.44. The van der Waals surface area contributed by atoms with Crippen LogP contribution >= 0.6 is 23.1 Å². The number of hydrogen-bond donors (Lipinski definition) is 1. The average Bonchev–Trinajstić information content (AvgIpc) is 3.16. The van der Waals surface area contributed by atoms with E-state index in [1.807, 2.05) is 30.5 Å². The lowest BCUT2D eigenvalue weighted by Gasteiger charge is -2.33. The average molecular weight is 451 g/mol. The highest BCUT2D eigenvalue weighted by Crippen LogP contribution is 2.38. The predicted octanol–water partition coefficient (Wildman–Crippen LogP) is 5.09. The smallest absolute Gasteiger partial charge is 0.243 e. The summed E-state index contributed by atoms with van der Waals surface area (Å²) in [6.07, 6.45) is 5.53. The molecule has 29 heavy (non-hydrogen) atoms. The molecule has 2 aromatic rings. The van der Waals surface area contributed by atoms with Gasteiger partial charge in [-0.15, -0.1) is 23.1 Å². The van der Waals surface area contributed by atoms with Crippen molar-refractivity contribution in [2.24, 2.45) is 0 Å². The topological polar surface area (TPSA) is 66.5 Å². The van der Waals surface area contributed by atoms with Gasteiger partial charge in [-0.1, -0.05) is 32.3 Å². The van der Waals surface area contributed by atoms with E-state index in [0.717, 1.165) is 35.5 Å². The van der Waals surface area contributed by atoms with Crippen molar-refractivity contribution < 1.29 is 13.2 Å². The summed E-state index contributed by atoms with van der Waals surface area (Å²) in [7, 11) is -3.67. The molecule has 1 aliphatic carbocycles. The number of fused-ring (bicyclic) bond motifs is 1. The normalized spacial score (nSPS) is 20.9. The second-order valence-corrected chi connectivity index (χ2v) is 12.2. The number of carbonyl (C=O) groups is 1. The molecule has 5 nitrogen and oxygen atoms in total. The summed E-state index contributed by atoms with van der Waals surface area (Å²) >= 11 is 3.19. The van der Waals surface area contributed by atoms with Crippen LogP contribution in [-0.2, 0) is 21.4 Å². The summed E-state index contributed by atoms with van der Waals surface area (Å²) in [6.45, 7) is 2.41. The van der Waals surface area contributed by atoms with E-state index in [9.17, 15) is 13.2 Å². The third kappa shape index (κ3) is 4.71. The largest absolute Gasteiger partial charge is 0.325 e. The second-order valence-electron chi connectivity index (χ2n) is 7.76. The standard InChI is InChI=1S/C21H26N2O3S3/c1-15-12-21(24)22-19-13-18(9-10-20(19)28-15)29(25,26)23(14-17-8-5-11-27-17)16-6-3-2-4-7-16/h5,8-11,13,15-16H,2-4,6-7,12,14H2,1H3,(H,22,24)/t15-/m1/s1. The number of hydrogen-bond acceptors (Lipinski definition) is 5. The first kappa shape index (κ1) is 20.9. The van der Waals surface area contributed by atoms with E-state index >= 15 is 0 Å². The number of anilines is 1. The molecule has 2 heterocycles. The van der Waals surface area contributed by atoms with Gasteiger partial charge in [0.05, 0.1) is 10.6 Å². The highest BCUT2D eigenvalue weighted by atomic mass is 32.2. The molecule has 1 aromatic carbocycles. The third-order valence-electron chi connectivity index (χ3n) is 5.51. The van der Waals surface area contributed by atoms with Crippen LogP contribution in [-0.4, -0.2) is 29.9 Å². The molecular weight excluding hydrogens is 424 g/mol. The molecule has 156 valence electrons.